The van der Waals surface area contributed by atoms with E-state index in [2.05, 4.69) is 11.8 Å². The predicted octanol–water partition coefficient (Wildman–Crippen LogP) is 2.06. The number of likely N-dealkylation sites (N-methyl/N-ethyl adjacent to an activating group) is 1. The van der Waals surface area contributed by atoms with Gasteiger partial charge in [0.1, 0.15) is 0 Å². The summed E-state index contributed by atoms with van der Waals surface area (Å²) in [6, 6.07) is 0. The van der Waals surface area contributed by atoms with E-state index in [-0.39, 0.29) is 5.97 Å². The fourth-order valence-corrected chi connectivity index (χ4v) is 2.25. The molecular weight excluding hydrogens is 190 g/mol. The maximum Gasteiger partial charge on any atom is 0.320 e. The van der Waals surface area contributed by atoms with E-state index in [1.807, 2.05) is 6.92 Å². The number of hydrogen-bond donors (Lipinski definition) is 0. The van der Waals surface area contributed by atoms with Gasteiger partial charge in [0.2, 0.25) is 0 Å². The minimum absolute atomic E-state index is 0.0858. The molecule has 88 valence electrons. The number of ether oxygens (including phenoxy) is 1. The van der Waals surface area contributed by atoms with Crippen LogP contribution in [0.25, 0.3) is 0 Å². The second-order valence-electron chi connectivity index (χ2n) is 4.28. The fourth-order valence-electron chi connectivity index (χ4n) is 2.25. The summed E-state index contributed by atoms with van der Waals surface area (Å²) in [5, 5.41) is 0. The standard InChI is InChI=1S/C12H23NO2/c1-3-13(10-12(14)15-4-2)9-11-7-5-6-8-11/h11H,3-10H2,1-2H3. The normalized spacial score (nSPS) is 17.3. The van der Waals surface area contributed by atoms with Crippen LogP contribution in [0.15, 0.2) is 0 Å². The third kappa shape index (κ3) is 4.65. The molecule has 0 spiro atoms. The molecule has 0 aliphatic heterocycles. The van der Waals surface area contributed by atoms with Crippen LogP contribution in [0, 0.1) is 5.92 Å². The minimum atomic E-state index is -0.0858. The molecule has 0 radical (unpaired) electrons. The second kappa shape index (κ2) is 6.83. The lowest BCUT2D eigenvalue weighted by Crippen LogP contribution is -2.34. The average Bonchev–Trinajstić information content (AvgIpc) is 2.70. The first-order valence-corrected chi connectivity index (χ1v) is 6.14. The Balaban J connectivity index is 2.24. The Labute approximate surface area is 92.8 Å². The van der Waals surface area contributed by atoms with E-state index in [1.165, 1.54) is 25.7 Å². The van der Waals surface area contributed by atoms with Gasteiger partial charge in [0.05, 0.1) is 13.2 Å². The molecule has 1 aliphatic rings. The van der Waals surface area contributed by atoms with Crippen LogP contribution in [0.3, 0.4) is 0 Å². The summed E-state index contributed by atoms with van der Waals surface area (Å²) >= 11 is 0. The fraction of sp³-hybridized carbons (Fsp3) is 0.917. The van der Waals surface area contributed by atoms with Gasteiger partial charge in [-0.25, -0.2) is 0 Å². The Hall–Kier alpha value is -0.570. The van der Waals surface area contributed by atoms with Crippen LogP contribution in [0.2, 0.25) is 0 Å². The molecule has 0 bridgehead atoms. The summed E-state index contributed by atoms with van der Waals surface area (Å²) in [6.45, 7) is 6.91. The molecule has 1 saturated carbocycles. The van der Waals surface area contributed by atoms with Crippen molar-refractivity contribution >= 4 is 5.97 Å². The topological polar surface area (TPSA) is 29.5 Å². The van der Waals surface area contributed by atoms with Crippen LogP contribution in [0.5, 0.6) is 0 Å². The molecule has 1 rings (SSSR count). The zero-order chi connectivity index (χ0) is 11.1. The molecule has 3 heteroatoms. The summed E-state index contributed by atoms with van der Waals surface area (Å²) in [5.41, 5.74) is 0. The number of hydrogen-bond acceptors (Lipinski definition) is 3. The zero-order valence-electron chi connectivity index (χ0n) is 10.00. The number of nitrogens with zero attached hydrogens (tertiary/aromatic N) is 1. The number of rotatable bonds is 6. The molecule has 0 aromatic heterocycles. The summed E-state index contributed by atoms with van der Waals surface area (Å²) in [5.74, 6) is 0.719. The molecule has 0 heterocycles. The molecule has 0 N–H and O–H groups in total. The van der Waals surface area contributed by atoms with Crippen LogP contribution >= 0.6 is 0 Å². The monoisotopic (exact) mass is 213 g/mol. The van der Waals surface area contributed by atoms with E-state index in [9.17, 15) is 4.79 Å². The van der Waals surface area contributed by atoms with E-state index >= 15 is 0 Å². The largest absolute Gasteiger partial charge is 0.465 e. The molecule has 3 nitrogen and oxygen atoms in total. The second-order valence-corrected chi connectivity index (χ2v) is 4.28. The van der Waals surface area contributed by atoms with Crippen LogP contribution in [0.1, 0.15) is 39.5 Å². The molecule has 0 unspecified atom stereocenters. The maximum atomic E-state index is 11.3. The molecule has 15 heavy (non-hydrogen) atoms. The number of carbonyl (C=O) groups excluding carboxylic acids is 1. The summed E-state index contributed by atoms with van der Waals surface area (Å²) in [7, 11) is 0. The van der Waals surface area contributed by atoms with E-state index in [1.54, 1.807) is 0 Å². The van der Waals surface area contributed by atoms with E-state index in [0.29, 0.717) is 13.2 Å². The van der Waals surface area contributed by atoms with Crippen LogP contribution in [-0.2, 0) is 9.53 Å². The summed E-state index contributed by atoms with van der Waals surface area (Å²) < 4.78 is 4.96. The van der Waals surface area contributed by atoms with E-state index in [0.717, 1.165) is 19.0 Å². The molecule has 0 amide bonds. The van der Waals surface area contributed by atoms with E-state index in [4.69, 9.17) is 4.74 Å². The lowest BCUT2D eigenvalue weighted by molar-refractivity contribution is -0.144. The highest BCUT2D eigenvalue weighted by molar-refractivity contribution is 5.71. The summed E-state index contributed by atoms with van der Waals surface area (Å²) in [6.07, 6.45) is 5.39. The zero-order valence-corrected chi connectivity index (χ0v) is 10.00. The van der Waals surface area contributed by atoms with Gasteiger partial charge < -0.3 is 4.74 Å². The SMILES string of the molecule is CCOC(=O)CN(CC)CC1CCCC1. The molecule has 1 aliphatic carbocycles. The Morgan fingerprint density at radius 1 is 1.33 bits per heavy atom. The van der Waals surface area contributed by atoms with E-state index < -0.39 is 0 Å². The van der Waals surface area contributed by atoms with Crippen molar-refractivity contribution in [3.8, 4) is 0 Å². The Bertz CT molecular complexity index is 188. The van der Waals surface area contributed by atoms with Crippen molar-refractivity contribution in [2.24, 2.45) is 5.92 Å². The Morgan fingerprint density at radius 3 is 2.53 bits per heavy atom. The van der Waals surface area contributed by atoms with Crippen molar-refractivity contribution in [1.82, 2.24) is 4.90 Å². The third-order valence-electron chi connectivity index (χ3n) is 3.10. The first-order chi connectivity index (χ1) is 7.26. The van der Waals surface area contributed by atoms with Crippen molar-refractivity contribution in [3.05, 3.63) is 0 Å². The number of carbonyl (C=O) groups is 1. The van der Waals surface area contributed by atoms with Crippen molar-refractivity contribution in [1.29, 1.82) is 0 Å². The molecule has 0 aromatic carbocycles. The third-order valence-corrected chi connectivity index (χ3v) is 3.10. The van der Waals surface area contributed by atoms with Crippen molar-refractivity contribution in [2.75, 3.05) is 26.2 Å². The van der Waals surface area contributed by atoms with Gasteiger partial charge in [-0.1, -0.05) is 19.8 Å². The van der Waals surface area contributed by atoms with Crippen LogP contribution < -0.4 is 0 Å². The molecule has 0 saturated heterocycles. The van der Waals surface area contributed by atoms with Crippen molar-refractivity contribution in [3.63, 3.8) is 0 Å². The van der Waals surface area contributed by atoms with Gasteiger partial charge >= 0.3 is 5.97 Å². The Kier molecular flexibility index (Phi) is 5.69. The first kappa shape index (κ1) is 12.5. The minimum Gasteiger partial charge on any atom is -0.465 e. The lowest BCUT2D eigenvalue weighted by Gasteiger charge is -2.22. The van der Waals surface area contributed by atoms with Gasteiger partial charge in [-0.15, -0.1) is 0 Å². The highest BCUT2D eigenvalue weighted by Gasteiger charge is 2.19. The van der Waals surface area contributed by atoms with Gasteiger partial charge in [-0.05, 0) is 32.2 Å². The van der Waals surface area contributed by atoms with Gasteiger partial charge in [0, 0.05) is 6.54 Å². The Morgan fingerprint density at radius 2 is 2.00 bits per heavy atom. The molecular formula is C12H23NO2. The highest BCUT2D eigenvalue weighted by atomic mass is 16.5. The lowest BCUT2D eigenvalue weighted by atomic mass is 10.1. The first-order valence-electron chi connectivity index (χ1n) is 6.14. The van der Waals surface area contributed by atoms with Crippen molar-refractivity contribution in [2.45, 2.75) is 39.5 Å². The van der Waals surface area contributed by atoms with Gasteiger partial charge in [-0.3, -0.25) is 9.69 Å². The van der Waals surface area contributed by atoms with Crippen LogP contribution in [-0.4, -0.2) is 37.1 Å². The quantitative estimate of drug-likeness (QED) is 0.633. The molecule has 1 fully saturated rings. The highest BCUT2D eigenvalue weighted by Crippen LogP contribution is 2.25. The smallest absolute Gasteiger partial charge is 0.320 e. The average molecular weight is 213 g/mol. The number of esters is 1. The predicted molar refractivity (Wildman–Crippen MR) is 60.7 cm³/mol. The maximum absolute atomic E-state index is 11.3. The van der Waals surface area contributed by atoms with Crippen molar-refractivity contribution < 1.29 is 9.53 Å². The van der Waals surface area contributed by atoms with Gasteiger partial charge in [0.25, 0.3) is 0 Å². The summed E-state index contributed by atoms with van der Waals surface area (Å²) in [4.78, 5) is 13.5. The van der Waals surface area contributed by atoms with Gasteiger partial charge in [-0.2, -0.15) is 0 Å². The molecule has 0 atom stereocenters. The molecule has 0 aromatic rings. The van der Waals surface area contributed by atoms with Crippen LogP contribution in [0.4, 0.5) is 0 Å². The van der Waals surface area contributed by atoms with Gasteiger partial charge in [0.15, 0.2) is 0 Å².